The van der Waals surface area contributed by atoms with Crippen LogP contribution in [0.5, 0.6) is 5.75 Å². The van der Waals surface area contributed by atoms with Crippen LogP contribution >= 0.6 is 0 Å². The lowest BCUT2D eigenvalue weighted by atomic mass is 9.71. The molecule has 3 aromatic heterocycles. The highest BCUT2D eigenvalue weighted by Crippen LogP contribution is 2.41. The molecule has 8 nitrogen and oxygen atoms in total. The minimum Gasteiger partial charge on any atom is -0.491 e. The Morgan fingerprint density at radius 1 is 1.24 bits per heavy atom. The number of pyridine rings is 2. The predicted molar refractivity (Wildman–Crippen MR) is 128 cm³/mol. The largest absolute Gasteiger partial charge is 0.491 e. The summed E-state index contributed by atoms with van der Waals surface area (Å²) >= 11 is 0. The Morgan fingerprint density at radius 3 is 2.65 bits per heavy atom. The molecule has 34 heavy (non-hydrogen) atoms. The molecule has 4 heterocycles. The van der Waals surface area contributed by atoms with E-state index in [0.29, 0.717) is 38.3 Å². The molecule has 0 atom stereocenters. The number of piperazine rings is 1. The number of nitriles is 1. The van der Waals surface area contributed by atoms with E-state index in [1.165, 1.54) is 19.3 Å². The maximum Gasteiger partial charge on any atom is 0.298 e. The number of fused-ring (bicyclic) bond motifs is 1. The molecule has 1 aliphatic carbocycles. The second-order valence-corrected chi connectivity index (χ2v) is 9.33. The van der Waals surface area contributed by atoms with E-state index in [1.54, 1.807) is 15.6 Å². The predicted octanol–water partition coefficient (Wildman–Crippen LogP) is 3.12. The summed E-state index contributed by atoms with van der Waals surface area (Å²) < 4.78 is 7.88. The third-order valence-electron chi connectivity index (χ3n) is 6.93. The minimum atomic E-state index is -0.269. The first-order valence-corrected chi connectivity index (χ1v) is 11.5. The molecule has 1 saturated carbocycles. The van der Waals surface area contributed by atoms with Gasteiger partial charge in [-0.25, -0.2) is 9.50 Å². The normalized spacial score (nSPS) is 17.0. The summed E-state index contributed by atoms with van der Waals surface area (Å²) in [6.45, 7) is 5.41. The Kier molecular flexibility index (Phi) is 5.59. The molecule has 5 rings (SSSR count). The van der Waals surface area contributed by atoms with Crippen LogP contribution in [0, 0.1) is 29.1 Å². The highest BCUT2D eigenvalue weighted by atomic mass is 16.5. The van der Waals surface area contributed by atoms with Gasteiger partial charge in [0.2, 0.25) is 0 Å². The molecule has 0 radical (unpaired) electrons. The number of rotatable bonds is 5. The van der Waals surface area contributed by atoms with Crippen molar-refractivity contribution in [1.82, 2.24) is 19.5 Å². The number of nitrogens with zero attached hydrogens (tertiary/aromatic N) is 6. The lowest BCUT2D eigenvalue weighted by molar-refractivity contribution is -0.125. The number of amides is 1. The van der Waals surface area contributed by atoms with Crippen molar-refractivity contribution in [1.29, 1.82) is 5.26 Å². The van der Waals surface area contributed by atoms with Gasteiger partial charge in [-0.3, -0.25) is 4.79 Å². The fourth-order valence-electron chi connectivity index (χ4n) is 4.62. The quantitative estimate of drug-likeness (QED) is 0.551. The molecule has 0 N–H and O–H groups in total. The first kappa shape index (κ1) is 21.8. The van der Waals surface area contributed by atoms with Crippen LogP contribution in [0.1, 0.15) is 31.7 Å². The molecule has 2 fully saturated rings. The lowest BCUT2D eigenvalue weighted by Gasteiger charge is -2.37. The summed E-state index contributed by atoms with van der Waals surface area (Å²) in [5.74, 6) is 3.47. The van der Waals surface area contributed by atoms with Crippen LogP contribution < -0.4 is 9.64 Å². The van der Waals surface area contributed by atoms with Crippen molar-refractivity contribution in [2.45, 2.75) is 26.2 Å². The van der Waals surface area contributed by atoms with Gasteiger partial charge in [0.25, 0.3) is 5.91 Å². The van der Waals surface area contributed by atoms with Crippen LogP contribution in [0.25, 0.3) is 16.6 Å². The zero-order valence-electron chi connectivity index (χ0n) is 19.2. The lowest BCUT2D eigenvalue weighted by Crippen LogP contribution is -2.48. The van der Waals surface area contributed by atoms with Crippen LogP contribution in [-0.2, 0) is 4.79 Å². The van der Waals surface area contributed by atoms with Crippen molar-refractivity contribution >= 4 is 17.2 Å². The highest BCUT2D eigenvalue weighted by Gasteiger charge is 2.32. The number of ether oxygens (including phenoxy) is 1. The van der Waals surface area contributed by atoms with E-state index >= 15 is 0 Å². The average molecular weight is 455 g/mol. The second kappa shape index (κ2) is 8.72. The molecule has 172 valence electrons. The number of terminal acetylenes is 1. The molecular weight excluding hydrogens is 428 g/mol. The number of aromatic nitrogens is 3. The minimum absolute atomic E-state index is 0.231. The molecule has 1 amide bonds. The molecule has 0 unspecified atom stereocenters. The fraction of sp³-hybridized carbons (Fsp3) is 0.385. The number of hydrogen-bond donors (Lipinski definition) is 0. The summed E-state index contributed by atoms with van der Waals surface area (Å²) in [7, 11) is 0. The van der Waals surface area contributed by atoms with E-state index in [9.17, 15) is 10.1 Å². The number of carbonyl (C=O) groups is 1. The smallest absolute Gasteiger partial charge is 0.298 e. The van der Waals surface area contributed by atoms with Crippen molar-refractivity contribution in [3.05, 3.63) is 42.4 Å². The summed E-state index contributed by atoms with van der Waals surface area (Å²) in [6.07, 6.45) is 14.1. The number of anilines is 1. The second-order valence-electron chi connectivity index (χ2n) is 9.33. The van der Waals surface area contributed by atoms with Crippen LogP contribution in [0.15, 0.2) is 36.8 Å². The maximum absolute atomic E-state index is 11.7. The van der Waals surface area contributed by atoms with Crippen LogP contribution in [0.4, 0.5) is 5.82 Å². The van der Waals surface area contributed by atoms with Crippen molar-refractivity contribution < 1.29 is 9.53 Å². The fourth-order valence-corrected chi connectivity index (χ4v) is 4.62. The maximum atomic E-state index is 11.7. The third kappa shape index (κ3) is 4.04. The van der Waals surface area contributed by atoms with Crippen molar-refractivity contribution in [3.8, 4) is 35.3 Å². The van der Waals surface area contributed by atoms with Gasteiger partial charge in [-0.05, 0) is 37.0 Å². The Bertz CT molecular complexity index is 1300. The van der Waals surface area contributed by atoms with Gasteiger partial charge in [0.05, 0.1) is 30.1 Å². The van der Waals surface area contributed by atoms with Crippen molar-refractivity contribution in [2.75, 3.05) is 37.7 Å². The average Bonchev–Trinajstić information content (AvgIpc) is 3.28. The van der Waals surface area contributed by atoms with Gasteiger partial charge in [-0.2, -0.15) is 10.4 Å². The first-order chi connectivity index (χ1) is 16.5. The van der Waals surface area contributed by atoms with E-state index < -0.39 is 0 Å². The molecule has 0 spiro atoms. The molecule has 1 saturated heterocycles. The Morgan fingerprint density at radius 2 is 2.03 bits per heavy atom. The third-order valence-corrected chi connectivity index (χ3v) is 6.93. The van der Waals surface area contributed by atoms with Crippen LogP contribution in [-0.4, -0.2) is 58.2 Å². The Hall–Kier alpha value is -4.04. The molecule has 2 aliphatic rings. The van der Waals surface area contributed by atoms with Gasteiger partial charge in [0.1, 0.15) is 17.6 Å². The Balaban J connectivity index is 1.40. The number of hydrogen-bond acceptors (Lipinski definition) is 6. The topological polar surface area (TPSA) is 86.8 Å². The molecular formula is C26H26N6O2. The first-order valence-electron chi connectivity index (χ1n) is 11.5. The van der Waals surface area contributed by atoms with Crippen LogP contribution in [0.2, 0.25) is 0 Å². The van der Waals surface area contributed by atoms with Gasteiger partial charge >= 0.3 is 0 Å². The van der Waals surface area contributed by atoms with Gasteiger partial charge in [-0.1, -0.05) is 13.3 Å². The molecule has 3 aromatic rings. The molecule has 8 heteroatoms. The van der Waals surface area contributed by atoms with Gasteiger partial charge in [0.15, 0.2) is 0 Å². The van der Waals surface area contributed by atoms with E-state index in [-0.39, 0.29) is 11.3 Å². The van der Waals surface area contributed by atoms with E-state index in [4.69, 9.17) is 11.2 Å². The highest BCUT2D eigenvalue weighted by molar-refractivity contribution is 5.93. The standard InChI is InChI=1S/C26H26N6O2/c1-3-24(33)31-11-9-30(10-12-31)23-6-5-19(15-28-23)22-13-21(34-18-26(2)7-4-8-26)17-32-25(22)20(14-27)16-29-32/h1,5-6,13,15-17H,4,7-12,18H2,2H3. The van der Waals surface area contributed by atoms with Gasteiger partial charge in [0, 0.05) is 48.9 Å². The van der Waals surface area contributed by atoms with Gasteiger partial charge in [-0.15, -0.1) is 6.42 Å². The van der Waals surface area contributed by atoms with Crippen molar-refractivity contribution in [2.24, 2.45) is 5.41 Å². The molecule has 0 aromatic carbocycles. The van der Waals surface area contributed by atoms with Crippen LogP contribution in [0.3, 0.4) is 0 Å². The zero-order chi connectivity index (χ0) is 23.7. The van der Waals surface area contributed by atoms with E-state index in [2.05, 4.69) is 33.9 Å². The zero-order valence-corrected chi connectivity index (χ0v) is 19.2. The summed E-state index contributed by atoms with van der Waals surface area (Å²) in [6, 6.07) is 8.18. The molecule has 0 bridgehead atoms. The summed E-state index contributed by atoms with van der Waals surface area (Å²) in [5.41, 5.74) is 3.21. The SMILES string of the molecule is C#CC(=O)N1CCN(c2ccc(-c3cc(OCC4(C)CCC4)cn4ncc(C#N)c34)cn2)CC1. The van der Waals surface area contributed by atoms with E-state index in [0.717, 1.165) is 28.2 Å². The monoisotopic (exact) mass is 454 g/mol. The van der Waals surface area contributed by atoms with E-state index in [1.807, 2.05) is 30.6 Å². The summed E-state index contributed by atoms with van der Waals surface area (Å²) in [5, 5.41) is 14.0. The van der Waals surface area contributed by atoms with Gasteiger partial charge < -0.3 is 14.5 Å². The number of carbonyl (C=O) groups excluding carboxylic acids is 1. The van der Waals surface area contributed by atoms with Crippen molar-refractivity contribution in [3.63, 3.8) is 0 Å². The summed E-state index contributed by atoms with van der Waals surface area (Å²) in [4.78, 5) is 20.2. The molecule has 1 aliphatic heterocycles. The Labute approximate surface area is 198 Å².